The minimum atomic E-state index is -4.88. The Morgan fingerprint density at radius 2 is 1.80 bits per heavy atom. The maximum atomic E-state index is 14.9. The number of fused-ring (bicyclic) bond motifs is 1. The van der Waals surface area contributed by atoms with Gasteiger partial charge in [-0.1, -0.05) is 30.3 Å². The summed E-state index contributed by atoms with van der Waals surface area (Å²) < 4.78 is 55.5. The second-order valence-corrected chi connectivity index (χ2v) is 12.7. The number of nitrogens with zero attached hydrogens (tertiary/aromatic N) is 5. The molecule has 2 aliphatic rings. The van der Waals surface area contributed by atoms with Gasteiger partial charge in [0.15, 0.2) is 5.13 Å². The lowest BCUT2D eigenvalue weighted by Gasteiger charge is -2.37. The largest absolute Gasteiger partial charge is 0.493 e. The number of carbonyl (C=O) groups excluding carboxylic acids is 2. The minimum Gasteiger partial charge on any atom is -0.493 e. The van der Waals surface area contributed by atoms with Crippen molar-refractivity contribution in [3.8, 4) is 11.8 Å². The predicted octanol–water partition coefficient (Wildman–Crippen LogP) is 4.49. The Bertz CT molecular complexity index is 1920. The third kappa shape index (κ3) is 5.03. The molecule has 0 saturated carbocycles. The number of halogens is 1. The Labute approximate surface area is 262 Å². The van der Waals surface area contributed by atoms with Crippen molar-refractivity contribution < 1.29 is 31.9 Å². The molecular formula is C31H26FN5O6S2. The van der Waals surface area contributed by atoms with Gasteiger partial charge in [-0.05, 0) is 43.3 Å². The van der Waals surface area contributed by atoms with Gasteiger partial charge in [-0.2, -0.15) is 9.57 Å². The summed E-state index contributed by atoms with van der Waals surface area (Å²) in [4.78, 5) is 35.8. The fraction of sp³-hybridized carbons (Fsp3) is 0.226. The molecule has 2 amide bonds. The topological polar surface area (TPSA) is 133 Å². The van der Waals surface area contributed by atoms with Gasteiger partial charge in [0.1, 0.15) is 16.5 Å². The number of ether oxygens (including phenoxy) is 2. The Hall–Kier alpha value is -5.00. The number of carbonyl (C=O) groups is 2. The number of sulfonamides is 1. The standard InChI is InChI=1S/C31H26FN5O6S2/c1-2-42-26-9-5-3-7-22(26)31(43-30(39)36-16-14-35(15-17-36)29-34-13-18-44-29)23-19-21(20-33)11-12-25(23)37(28(31)38)45(40,41)27-10-6-4-8-24(27)32/h3-13,18-19H,2,14-17H2,1H3. The average molecular weight is 648 g/mol. The number of rotatable bonds is 7. The monoisotopic (exact) mass is 647 g/mol. The number of benzene rings is 3. The molecule has 0 aliphatic carbocycles. The SMILES string of the molecule is CCOc1ccccc1C1(OC(=O)N2CCN(c3nccs3)CC2)C(=O)N(S(=O)(=O)c2ccccc2F)c2ccc(C#N)cc21. The van der Waals surface area contributed by atoms with Crippen LogP contribution in [0, 0.1) is 17.1 Å². The first kappa shape index (κ1) is 30.0. The molecule has 3 heterocycles. The van der Waals surface area contributed by atoms with Crippen LogP contribution >= 0.6 is 11.3 Å². The molecule has 1 fully saturated rings. The van der Waals surface area contributed by atoms with Crippen LogP contribution in [0.5, 0.6) is 5.75 Å². The molecule has 2 aliphatic heterocycles. The van der Waals surface area contributed by atoms with Crippen molar-refractivity contribution in [1.29, 1.82) is 5.26 Å². The van der Waals surface area contributed by atoms with E-state index >= 15 is 0 Å². The molecule has 0 radical (unpaired) electrons. The molecule has 11 nitrogen and oxygen atoms in total. The number of anilines is 2. The molecule has 230 valence electrons. The zero-order chi connectivity index (χ0) is 31.8. The normalized spacial score (nSPS) is 18.0. The number of piperazine rings is 1. The van der Waals surface area contributed by atoms with Gasteiger partial charge in [0, 0.05) is 43.3 Å². The van der Waals surface area contributed by atoms with Crippen LogP contribution in [-0.2, 0) is 25.2 Å². The molecule has 45 heavy (non-hydrogen) atoms. The van der Waals surface area contributed by atoms with Gasteiger partial charge < -0.3 is 19.3 Å². The smallest absolute Gasteiger partial charge is 0.411 e. The summed E-state index contributed by atoms with van der Waals surface area (Å²) in [5.41, 5.74) is -2.54. The quantitative estimate of drug-likeness (QED) is 0.285. The van der Waals surface area contributed by atoms with Crippen LogP contribution in [-0.4, -0.2) is 63.1 Å². The van der Waals surface area contributed by atoms with Crippen molar-refractivity contribution >= 4 is 44.2 Å². The lowest BCUT2D eigenvalue weighted by Crippen LogP contribution is -2.53. The minimum absolute atomic E-state index is 0.0502. The molecule has 0 N–H and O–H groups in total. The Morgan fingerprint density at radius 3 is 2.49 bits per heavy atom. The lowest BCUT2D eigenvalue weighted by atomic mass is 9.85. The van der Waals surface area contributed by atoms with E-state index in [0.29, 0.717) is 17.4 Å². The third-order valence-electron chi connectivity index (χ3n) is 7.60. The molecule has 3 aromatic carbocycles. The average Bonchev–Trinajstić information content (AvgIpc) is 3.67. The molecular weight excluding hydrogens is 622 g/mol. The summed E-state index contributed by atoms with van der Waals surface area (Å²) in [5.74, 6) is -2.09. The van der Waals surface area contributed by atoms with Crippen molar-refractivity contribution in [2.24, 2.45) is 0 Å². The van der Waals surface area contributed by atoms with Crippen molar-refractivity contribution in [2.45, 2.75) is 17.4 Å². The first-order chi connectivity index (χ1) is 21.7. The second-order valence-electron chi connectivity index (χ2n) is 10.1. The van der Waals surface area contributed by atoms with Crippen molar-refractivity contribution in [2.75, 3.05) is 42.0 Å². The summed E-state index contributed by atoms with van der Waals surface area (Å²) in [7, 11) is -4.88. The predicted molar refractivity (Wildman–Crippen MR) is 163 cm³/mol. The van der Waals surface area contributed by atoms with Crippen LogP contribution < -0.4 is 13.9 Å². The van der Waals surface area contributed by atoms with Gasteiger partial charge in [0.2, 0.25) is 5.60 Å². The van der Waals surface area contributed by atoms with Gasteiger partial charge >= 0.3 is 6.09 Å². The van der Waals surface area contributed by atoms with E-state index in [1.165, 1.54) is 52.6 Å². The van der Waals surface area contributed by atoms with Gasteiger partial charge in [0.25, 0.3) is 15.9 Å². The number of thiazole rings is 1. The molecule has 14 heteroatoms. The molecule has 1 unspecified atom stereocenters. The lowest BCUT2D eigenvalue weighted by molar-refractivity contribution is -0.132. The van der Waals surface area contributed by atoms with Crippen LogP contribution in [0.15, 0.2) is 83.2 Å². The van der Waals surface area contributed by atoms with Crippen LogP contribution in [0.25, 0.3) is 0 Å². The number of para-hydroxylation sites is 1. The highest BCUT2D eigenvalue weighted by Crippen LogP contribution is 2.52. The summed E-state index contributed by atoms with van der Waals surface area (Å²) in [5, 5.41) is 12.4. The number of nitriles is 1. The fourth-order valence-corrected chi connectivity index (χ4v) is 7.75. The van der Waals surface area contributed by atoms with Crippen LogP contribution in [0.3, 0.4) is 0 Å². The maximum absolute atomic E-state index is 14.9. The van der Waals surface area contributed by atoms with Gasteiger partial charge in [-0.25, -0.2) is 22.6 Å². The van der Waals surface area contributed by atoms with E-state index in [-0.39, 0.29) is 47.8 Å². The van der Waals surface area contributed by atoms with E-state index in [9.17, 15) is 27.7 Å². The van der Waals surface area contributed by atoms with E-state index in [4.69, 9.17) is 9.47 Å². The number of hydrogen-bond acceptors (Lipinski definition) is 10. The van der Waals surface area contributed by atoms with Crippen LogP contribution in [0.1, 0.15) is 23.6 Å². The van der Waals surface area contributed by atoms with E-state index < -0.39 is 38.3 Å². The Balaban J connectivity index is 1.50. The Kier molecular flexibility index (Phi) is 7.90. The van der Waals surface area contributed by atoms with E-state index in [1.54, 1.807) is 31.3 Å². The number of amides is 2. The molecule has 1 saturated heterocycles. The maximum Gasteiger partial charge on any atom is 0.411 e. The number of hydrogen-bond donors (Lipinski definition) is 0. The summed E-state index contributed by atoms with van der Waals surface area (Å²) in [6, 6.07) is 16.9. The van der Waals surface area contributed by atoms with Crippen molar-refractivity contribution in [3.63, 3.8) is 0 Å². The first-order valence-corrected chi connectivity index (χ1v) is 16.3. The fourth-order valence-electron chi connectivity index (χ4n) is 5.52. The van der Waals surface area contributed by atoms with Gasteiger partial charge in [-0.15, -0.1) is 11.3 Å². The molecule has 1 aromatic heterocycles. The highest BCUT2D eigenvalue weighted by Gasteiger charge is 2.61. The molecule has 4 aromatic rings. The summed E-state index contributed by atoms with van der Waals surface area (Å²) in [6.45, 7) is 3.27. The van der Waals surface area contributed by atoms with E-state index in [2.05, 4.69) is 4.98 Å². The molecule has 1 atom stereocenters. The highest BCUT2D eigenvalue weighted by atomic mass is 32.2. The molecule has 6 rings (SSSR count). The van der Waals surface area contributed by atoms with E-state index in [1.807, 2.05) is 16.3 Å². The second kappa shape index (κ2) is 11.8. The molecule has 0 bridgehead atoms. The van der Waals surface area contributed by atoms with Gasteiger partial charge in [0.05, 0.1) is 29.5 Å². The zero-order valence-electron chi connectivity index (χ0n) is 23.9. The van der Waals surface area contributed by atoms with Crippen molar-refractivity contribution in [1.82, 2.24) is 9.88 Å². The number of aromatic nitrogens is 1. The zero-order valence-corrected chi connectivity index (χ0v) is 25.6. The highest BCUT2D eigenvalue weighted by molar-refractivity contribution is 7.93. The molecule has 0 spiro atoms. The summed E-state index contributed by atoms with van der Waals surface area (Å²) in [6.07, 6.45) is 0.812. The van der Waals surface area contributed by atoms with Gasteiger partial charge in [-0.3, -0.25) is 4.79 Å². The van der Waals surface area contributed by atoms with Crippen LogP contribution in [0.4, 0.5) is 20.0 Å². The van der Waals surface area contributed by atoms with Crippen LogP contribution in [0.2, 0.25) is 0 Å². The van der Waals surface area contributed by atoms with E-state index in [0.717, 1.165) is 17.3 Å². The summed E-state index contributed by atoms with van der Waals surface area (Å²) >= 11 is 1.47. The van der Waals surface area contributed by atoms with Crippen molar-refractivity contribution in [3.05, 3.63) is 101 Å². The Morgan fingerprint density at radius 1 is 1.07 bits per heavy atom. The first-order valence-electron chi connectivity index (χ1n) is 14.0. The third-order valence-corrected chi connectivity index (χ3v) is 10.2.